The number of alkyl halides is 1. The molecule has 1 unspecified atom stereocenters. The Morgan fingerprint density at radius 2 is 2.06 bits per heavy atom. The van der Waals surface area contributed by atoms with Crippen LogP contribution in [0.25, 0.3) is 0 Å². The zero-order valence-electron chi connectivity index (χ0n) is 11.0. The maximum Gasteiger partial charge on any atom is 0.0766 e. The van der Waals surface area contributed by atoms with Crippen LogP contribution >= 0.6 is 27.5 Å². The van der Waals surface area contributed by atoms with E-state index in [4.69, 9.17) is 11.6 Å². The third-order valence-corrected chi connectivity index (χ3v) is 4.44. The van der Waals surface area contributed by atoms with Crippen LogP contribution in [0.4, 0.5) is 0 Å². The second kappa shape index (κ2) is 7.42. The molecule has 4 heteroatoms. The highest BCUT2D eigenvalue weighted by Crippen LogP contribution is 2.26. The smallest absolute Gasteiger partial charge is 0.0766 e. The van der Waals surface area contributed by atoms with Crippen molar-refractivity contribution in [1.29, 1.82) is 0 Å². The van der Waals surface area contributed by atoms with Gasteiger partial charge < -0.3 is 0 Å². The summed E-state index contributed by atoms with van der Waals surface area (Å²) in [6.07, 6.45) is 4.38. The molecule has 0 saturated carbocycles. The SMILES string of the molecule is CCCC(CCl)Cc1c(Br)c(CC)nn1CC. The van der Waals surface area contributed by atoms with Gasteiger partial charge in [-0.2, -0.15) is 5.10 Å². The number of hydrogen-bond acceptors (Lipinski definition) is 1. The average Bonchev–Trinajstić information content (AvgIpc) is 2.65. The van der Waals surface area contributed by atoms with Crippen molar-refractivity contribution in [1.82, 2.24) is 9.78 Å². The van der Waals surface area contributed by atoms with Gasteiger partial charge in [0.05, 0.1) is 15.9 Å². The summed E-state index contributed by atoms with van der Waals surface area (Å²) < 4.78 is 3.30. The first-order chi connectivity index (χ1) is 8.17. The van der Waals surface area contributed by atoms with Crippen LogP contribution in [0, 0.1) is 5.92 Å². The Hall–Kier alpha value is -0.0200. The molecule has 1 aromatic heterocycles. The lowest BCUT2D eigenvalue weighted by molar-refractivity contribution is 0.496. The minimum absolute atomic E-state index is 0.560. The zero-order chi connectivity index (χ0) is 12.8. The van der Waals surface area contributed by atoms with Crippen molar-refractivity contribution in [3.8, 4) is 0 Å². The van der Waals surface area contributed by atoms with Crippen molar-refractivity contribution in [3.63, 3.8) is 0 Å². The molecule has 0 radical (unpaired) electrons. The predicted octanol–water partition coefficient (Wildman–Crippen LogP) is 4.43. The molecule has 1 rings (SSSR count). The van der Waals surface area contributed by atoms with E-state index in [1.165, 1.54) is 23.0 Å². The van der Waals surface area contributed by atoms with Gasteiger partial charge in [-0.05, 0) is 48.0 Å². The van der Waals surface area contributed by atoms with Crippen LogP contribution < -0.4 is 0 Å². The summed E-state index contributed by atoms with van der Waals surface area (Å²) >= 11 is 9.73. The maximum atomic E-state index is 6.04. The van der Waals surface area contributed by atoms with Gasteiger partial charge in [0.25, 0.3) is 0 Å². The molecule has 0 aliphatic rings. The quantitative estimate of drug-likeness (QED) is 0.680. The van der Waals surface area contributed by atoms with E-state index in [0.717, 1.165) is 31.0 Å². The van der Waals surface area contributed by atoms with E-state index in [1.807, 2.05) is 0 Å². The van der Waals surface area contributed by atoms with Crippen LogP contribution in [0.1, 0.15) is 45.0 Å². The molecule has 0 bridgehead atoms. The Kier molecular flexibility index (Phi) is 6.57. The lowest BCUT2D eigenvalue weighted by Gasteiger charge is -2.14. The van der Waals surface area contributed by atoms with E-state index in [1.54, 1.807) is 0 Å². The standard InChI is InChI=1S/C13H22BrClN2/c1-4-7-10(9-15)8-12-13(14)11(5-2)16-17(12)6-3/h10H,4-9H2,1-3H3. The lowest BCUT2D eigenvalue weighted by atomic mass is 10.00. The van der Waals surface area contributed by atoms with Crippen molar-refractivity contribution in [3.05, 3.63) is 15.9 Å². The molecule has 0 amide bonds. The first kappa shape index (κ1) is 15.0. The fourth-order valence-corrected chi connectivity index (χ4v) is 3.12. The van der Waals surface area contributed by atoms with Gasteiger partial charge in [0, 0.05) is 12.4 Å². The molecule has 0 aromatic carbocycles. The highest BCUT2D eigenvalue weighted by molar-refractivity contribution is 9.10. The molecule has 0 N–H and O–H groups in total. The predicted molar refractivity (Wildman–Crippen MR) is 77.8 cm³/mol. The van der Waals surface area contributed by atoms with Crippen LogP contribution in [0.15, 0.2) is 4.47 Å². The Labute approximate surface area is 118 Å². The third kappa shape index (κ3) is 3.72. The third-order valence-electron chi connectivity index (χ3n) is 3.09. The molecule has 0 aliphatic heterocycles. The van der Waals surface area contributed by atoms with Gasteiger partial charge in [-0.15, -0.1) is 11.6 Å². The molecule has 0 saturated heterocycles. The second-order valence-corrected chi connectivity index (χ2v) is 5.49. The first-order valence-electron chi connectivity index (χ1n) is 6.47. The topological polar surface area (TPSA) is 17.8 Å². The minimum Gasteiger partial charge on any atom is -0.268 e. The molecule has 2 nitrogen and oxygen atoms in total. The van der Waals surface area contributed by atoms with Gasteiger partial charge in [0.1, 0.15) is 0 Å². The van der Waals surface area contributed by atoms with E-state index in [9.17, 15) is 0 Å². The van der Waals surface area contributed by atoms with Crippen molar-refractivity contribution in [2.24, 2.45) is 5.92 Å². The number of aryl methyl sites for hydroxylation is 2. The Morgan fingerprint density at radius 1 is 1.35 bits per heavy atom. The molecular formula is C13H22BrClN2. The van der Waals surface area contributed by atoms with Crippen LogP contribution in [0.3, 0.4) is 0 Å². The molecule has 17 heavy (non-hydrogen) atoms. The Balaban J connectivity index is 2.91. The number of aromatic nitrogens is 2. The van der Waals surface area contributed by atoms with Gasteiger partial charge in [0.2, 0.25) is 0 Å². The molecule has 98 valence electrons. The number of halogens is 2. The fraction of sp³-hybridized carbons (Fsp3) is 0.769. The van der Waals surface area contributed by atoms with E-state index in [0.29, 0.717) is 5.92 Å². The van der Waals surface area contributed by atoms with Crippen molar-refractivity contribution < 1.29 is 0 Å². The summed E-state index contributed by atoms with van der Waals surface area (Å²) in [6.45, 7) is 7.41. The second-order valence-electron chi connectivity index (χ2n) is 4.39. The summed E-state index contributed by atoms with van der Waals surface area (Å²) in [4.78, 5) is 0. The van der Waals surface area contributed by atoms with Gasteiger partial charge in [-0.25, -0.2) is 0 Å². The minimum atomic E-state index is 0.560. The fourth-order valence-electron chi connectivity index (χ4n) is 2.13. The van der Waals surface area contributed by atoms with E-state index in [-0.39, 0.29) is 0 Å². The number of hydrogen-bond donors (Lipinski definition) is 0. The molecule has 0 fully saturated rings. The van der Waals surface area contributed by atoms with Gasteiger partial charge in [-0.1, -0.05) is 20.3 Å². The highest BCUT2D eigenvalue weighted by atomic mass is 79.9. The van der Waals surface area contributed by atoms with Gasteiger partial charge in [-0.3, -0.25) is 4.68 Å². The van der Waals surface area contributed by atoms with Crippen LogP contribution in [-0.4, -0.2) is 15.7 Å². The molecule has 0 aliphatic carbocycles. The zero-order valence-corrected chi connectivity index (χ0v) is 13.3. The molecule has 1 aromatic rings. The lowest BCUT2D eigenvalue weighted by Crippen LogP contribution is -2.11. The van der Waals surface area contributed by atoms with Crippen molar-refractivity contribution in [2.45, 2.75) is 53.0 Å². The maximum absolute atomic E-state index is 6.04. The summed E-state index contributed by atoms with van der Waals surface area (Å²) in [5.41, 5.74) is 2.47. The van der Waals surface area contributed by atoms with E-state index < -0.39 is 0 Å². The summed E-state index contributed by atoms with van der Waals surface area (Å²) in [5, 5.41) is 4.62. The van der Waals surface area contributed by atoms with Crippen LogP contribution in [0.2, 0.25) is 0 Å². The Bertz CT molecular complexity index is 349. The Morgan fingerprint density at radius 3 is 2.53 bits per heavy atom. The van der Waals surface area contributed by atoms with Gasteiger partial charge in [0.15, 0.2) is 0 Å². The van der Waals surface area contributed by atoms with Crippen molar-refractivity contribution >= 4 is 27.5 Å². The van der Waals surface area contributed by atoms with Gasteiger partial charge >= 0.3 is 0 Å². The average molecular weight is 322 g/mol. The summed E-state index contributed by atoms with van der Waals surface area (Å²) in [5.74, 6) is 1.29. The summed E-state index contributed by atoms with van der Waals surface area (Å²) in [7, 11) is 0. The van der Waals surface area contributed by atoms with Crippen LogP contribution in [0.5, 0.6) is 0 Å². The molecule has 0 spiro atoms. The van der Waals surface area contributed by atoms with E-state index >= 15 is 0 Å². The molecule has 1 atom stereocenters. The highest BCUT2D eigenvalue weighted by Gasteiger charge is 2.17. The molecule has 1 heterocycles. The number of rotatable bonds is 7. The van der Waals surface area contributed by atoms with Crippen LogP contribution in [-0.2, 0) is 19.4 Å². The normalized spacial score (nSPS) is 13.0. The largest absolute Gasteiger partial charge is 0.268 e. The monoisotopic (exact) mass is 320 g/mol. The first-order valence-corrected chi connectivity index (χ1v) is 7.80. The van der Waals surface area contributed by atoms with Crippen molar-refractivity contribution in [2.75, 3.05) is 5.88 Å². The molecular weight excluding hydrogens is 300 g/mol. The number of nitrogens with zero attached hydrogens (tertiary/aromatic N) is 2. The summed E-state index contributed by atoms with van der Waals surface area (Å²) in [6, 6.07) is 0. The van der Waals surface area contributed by atoms with E-state index in [2.05, 4.69) is 46.5 Å².